The van der Waals surface area contributed by atoms with Crippen LogP contribution in [0.25, 0.3) is 55.6 Å². The summed E-state index contributed by atoms with van der Waals surface area (Å²) in [6, 6.07) is 80.3. The molecule has 64 heavy (non-hydrogen) atoms. The lowest BCUT2D eigenvalue weighted by atomic mass is 9.61. The maximum atomic E-state index is 2.51. The Labute approximate surface area is 379 Å². The van der Waals surface area contributed by atoms with E-state index in [4.69, 9.17) is 0 Å². The van der Waals surface area contributed by atoms with Gasteiger partial charge in [-0.1, -0.05) is 204 Å². The SMILES string of the molecule is CC1(C)CCC(C)(C)c2c(-c3cccc(N(c4cccc(-c5ccccc5-c5ccccc5)c4)c4ccc5c(c4)-c4ccccc4[Si]54c5ccccc5-c5ccccc54)c3)cccc21. The molecule has 308 valence electrons. The average molecular weight is 838 g/mol. The molecule has 2 heteroatoms. The van der Waals surface area contributed by atoms with Gasteiger partial charge in [0.2, 0.25) is 0 Å². The summed E-state index contributed by atoms with van der Waals surface area (Å²) >= 11 is 0. The summed E-state index contributed by atoms with van der Waals surface area (Å²) in [6.45, 7) is 9.74. The zero-order valence-corrected chi connectivity index (χ0v) is 38.1. The first-order valence-electron chi connectivity index (χ1n) is 23.0. The monoisotopic (exact) mass is 837 g/mol. The number of hydrogen-bond acceptors (Lipinski definition) is 1. The van der Waals surface area contributed by atoms with E-state index in [0.29, 0.717) is 0 Å². The van der Waals surface area contributed by atoms with E-state index in [1.54, 1.807) is 0 Å². The van der Waals surface area contributed by atoms with Gasteiger partial charge in [0, 0.05) is 17.1 Å². The van der Waals surface area contributed by atoms with Gasteiger partial charge < -0.3 is 4.90 Å². The zero-order valence-electron chi connectivity index (χ0n) is 37.1. The van der Waals surface area contributed by atoms with Gasteiger partial charge in [-0.15, -0.1) is 0 Å². The van der Waals surface area contributed by atoms with Crippen LogP contribution in [-0.4, -0.2) is 8.07 Å². The molecule has 0 atom stereocenters. The van der Waals surface area contributed by atoms with E-state index in [2.05, 4.69) is 245 Å². The topological polar surface area (TPSA) is 3.24 Å². The lowest BCUT2D eigenvalue weighted by Crippen LogP contribution is -2.70. The van der Waals surface area contributed by atoms with Crippen molar-refractivity contribution in [1.82, 2.24) is 0 Å². The molecule has 9 aromatic carbocycles. The second kappa shape index (κ2) is 14.5. The first-order valence-corrected chi connectivity index (χ1v) is 25.0. The third kappa shape index (κ3) is 5.75. The predicted octanol–water partition coefficient (Wildman–Crippen LogP) is 13.8. The van der Waals surface area contributed by atoms with Gasteiger partial charge >= 0.3 is 0 Å². The molecule has 0 radical (unpaired) electrons. The average Bonchev–Trinajstić information content (AvgIpc) is 3.81. The largest absolute Gasteiger partial charge is 0.310 e. The summed E-state index contributed by atoms with van der Waals surface area (Å²) < 4.78 is 0. The minimum Gasteiger partial charge on any atom is -0.310 e. The third-order valence-electron chi connectivity index (χ3n) is 14.9. The standard InChI is InChI=1S/C62H51NSi/c1-61(2)37-38-62(3,4)60-50(30-18-31-55(60)61)44-22-17-24-46(40-44)63(45-23-16-21-43(39-45)49-26-9-8-25-48(49)42-19-6-5-7-20-42)47-35-36-59-54(41-47)53-29-12-15-34-58(53)64(59)56-32-13-10-27-51(56)52-28-11-14-33-57(52)64/h5-36,39-41H,37-38H2,1-4H3. The van der Waals surface area contributed by atoms with Gasteiger partial charge in [0.1, 0.15) is 0 Å². The lowest BCUT2D eigenvalue weighted by Gasteiger charge is -2.43. The van der Waals surface area contributed by atoms with Crippen LogP contribution in [-0.2, 0) is 10.8 Å². The highest BCUT2D eigenvalue weighted by atomic mass is 28.3. The maximum Gasteiger partial charge on any atom is 0.182 e. The van der Waals surface area contributed by atoms with Crippen LogP contribution in [0, 0.1) is 0 Å². The zero-order chi connectivity index (χ0) is 43.2. The molecule has 0 saturated carbocycles. The second-order valence-electron chi connectivity index (χ2n) is 19.5. The van der Waals surface area contributed by atoms with Crippen molar-refractivity contribution in [3.05, 3.63) is 223 Å². The van der Waals surface area contributed by atoms with Gasteiger partial charge in [-0.2, -0.15) is 0 Å². The fourth-order valence-electron chi connectivity index (χ4n) is 11.9. The number of nitrogens with zero attached hydrogens (tertiary/aromatic N) is 1. The summed E-state index contributed by atoms with van der Waals surface area (Å²) in [7, 11) is -2.57. The molecule has 0 amide bonds. The molecule has 0 unspecified atom stereocenters. The van der Waals surface area contributed by atoms with Crippen molar-refractivity contribution in [2.45, 2.75) is 51.4 Å². The van der Waals surface area contributed by atoms with Crippen LogP contribution in [0.5, 0.6) is 0 Å². The Morgan fingerprint density at radius 2 is 0.750 bits per heavy atom. The minimum atomic E-state index is -2.57. The Balaban J connectivity index is 1.08. The molecule has 2 aliphatic heterocycles. The fourth-order valence-corrected chi connectivity index (χ4v) is 17.5. The summed E-state index contributed by atoms with van der Waals surface area (Å²) in [5.74, 6) is 0. The Morgan fingerprint density at radius 3 is 1.36 bits per heavy atom. The smallest absolute Gasteiger partial charge is 0.182 e. The highest BCUT2D eigenvalue weighted by Crippen LogP contribution is 2.50. The Kier molecular flexibility index (Phi) is 8.77. The number of fused-ring (bicyclic) bond motifs is 11. The van der Waals surface area contributed by atoms with E-state index >= 15 is 0 Å². The van der Waals surface area contributed by atoms with Crippen molar-refractivity contribution >= 4 is 45.9 Å². The van der Waals surface area contributed by atoms with Gasteiger partial charge in [-0.3, -0.25) is 0 Å². The van der Waals surface area contributed by atoms with E-state index in [1.165, 1.54) is 100 Å². The lowest BCUT2D eigenvalue weighted by molar-refractivity contribution is 0.333. The normalized spacial score (nSPS) is 15.4. The molecule has 1 nitrogen and oxygen atoms in total. The maximum absolute atomic E-state index is 2.57. The molecule has 2 heterocycles. The van der Waals surface area contributed by atoms with Crippen molar-refractivity contribution < 1.29 is 0 Å². The predicted molar refractivity (Wildman–Crippen MR) is 274 cm³/mol. The van der Waals surface area contributed by atoms with Crippen LogP contribution in [0.15, 0.2) is 212 Å². The molecule has 0 aromatic heterocycles. The van der Waals surface area contributed by atoms with Crippen molar-refractivity contribution in [2.24, 2.45) is 0 Å². The molecule has 0 bridgehead atoms. The van der Waals surface area contributed by atoms with Crippen LogP contribution in [0.3, 0.4) is 0 Å². The van der Waals surface area contributed by atoms with Crippen LogP contribution in [0.4, 0.5) is 17.1 Å². The molecule has 0 N–H and O–H groups in total. The highest BCUT2D eigenvalue weighted by Gasteiger charge is 2.54. The molecule has 1 aliphatic carbocycles. The molecule has 0 saturated heterocycles. The van der Waals surface area contributed by atoms with Gasteiger partial charge in [0.15, 0.2) is 8.07 Å². The Morgan fingerprint density at radius 1 is 0.328 bits per heavy atom. The Bertz CT molecular complexity index is 3250. The summed E-state index contributed by atoms with van der Waals surface area (Å²) in [5.41, 5.74) is 19.5. The third-order valence-corrected chi connectivity index (χ3v) is 19.9. The second-order valence-corrected chi connectivity index (χ2v) is 23.1. The van der Waals surface area contributed by atoms with E-state index in [-0.39, 0.29) is 10.8 Å². The number of hydrogen-bond donors (Lipinski definition) is 0. The van der Waals surface area contributed by atoms with Gasteiger partial charge in [-0.05, 0) is 148 Å². The van der Waals surface area contributed by atoms with Gasteiger partial charge in [0.25, 0.3) is 0 Å². The molecule has 3 aliphatic rings. The summed E-state index contributed by atoms with van der Waals surface area (Å²) in [6.07, 6.45) is 2.36. The molecule has 9 aromatic rings. The highest BCUT2D eigenvalue weighted by molar-refractivity contribution is 7.24. The molecule has 12 rings (SSSR count). The first-order chi connectivity index (χ1) is 31.2. The van der Waals surface area contributed by atoms with Gasteiger partial charge in [-0.25, -0.2) is 0 Å². The number of rotatable bonds is 6. The summed E-state index contributed by atoms with van der Waals surface area (Å²) in [5, 5.41) is 5.98. The van der Waals surface area contributed by atoms with Crippen molar-refractivity contribution in [3.8, 4) is 55.6 Å². The van der Waals surface area contributed by atoms with E-state index in [0.717, 1.165) is 17.1 Å². The molecule has 1 spiro atoms. The Hall–Kier alpha value is -7.00. The van der Waals surface area contributed by atoms with E-state index in [9.17, 15) is 0 Å². The fraction of sp³-hybridized carbons (Fsp3) is 0.129. The van der Waals surface area contributed by atoms with E-state index in [1.807, 2.05) is 0 Å². The van der Waals surface area contributed by atoms with E-state index < -0.39 is 8.07 Å². The minimum absolute atomic E-state index is 0.0717. The summed E-state index contributed by atoms with van der Waals surface area (Å²) in [4.78, 5) is 2.51. The van der Waals surface area contributed by atoms with Crippen LogP contribution in [0.1, 0.15) is 51.7 Å². The quantitative estimate of drug-likeness (QED) is 0.151. The molecule has 0 fully saturated rings. The first kappa shape index (κ1) is 38.7. The molecular formula is C62H51NSi. The van der Waals surface area contributed by atoms with Crippen LogP contribution >= 0.6 is 0 Å². The van der Waals surface area contributed by atoms with Gasteiger partial charge in [0.05, 0.1) is 0 Å². The molecular weight excluding hydrogens is 787 g/mol. The van der Waals surface area contributed by atoms with Crippen LogP contribution in [0.2, 0.25) is 0 Å². The van der Waals surface area contributed by atoms with Crippen molar-refractivity contribution in [1.29, 1.82) is 0 Å². The number of benzene rings is 9. The number of anilines is 3. The van der Waals surface area contributed by atoms with Crippen LogP contribution < -0.4 is 25.6 Å². The van der Waals surface area contributed by atoms with Crippen molar-refractivity contribution in [3.63, 3.8) is 0 Å². The van der Waals surface area contributed by atoms with Crippen molar-refractivity contribution in [2.75, 3.05) is 4.90 Å².